The van der Waals surface area contributed by atoms with Crippen molar-refractivity contribution in [3.63, 3.8) is 0 Å². The van der Waals surface area contributed by atoms with Crippen molar-refractivity contribution in [3.05, 3.63) is 29.8 Å². The van der Waals surface area contributed by atoms with Crippen LogP contribution in [-0.2, 0) is 6.42 Å². The summed E-state index contributed by atoms with van der Waals surface area (Å²) in [7, 11) is 3.67. The minimum Gasteiger partial charge on any atom is -0.377 e. The summed E-state index contributed by atoms with van der Waals surface area (Å²) in [5.41, 5.74) is 6.45. The van der Waals surface area contributed by atoms with Gasteiger partial charge in [0.2, 0.25) is 0 Å². The fourth-order valence-electron chi connectivity index (χ4n) is 1.45. The Hall–Kier alpha value is -1.16. The van der Waals surface area contributed by atoms with E-state index in [1.54, 1.807) is 12.1 Å². The first-order chi connectivity index (χ1) is 6.96. The van der Waals surface area contributed by atoms with Gasteiger partial charge in [-0.05, 0) is 11.6 Å². The summed E-state index contributed by atoms with van der Waals surface area (Å²) in [4.78, 5) is 1.82. The Morgan fingerprint density at radius 3 is 2.40 bits per heavy atom. The first-order valence-electron chi connectivity index (χ1n) is 4.79. The van der Waals surface area contributed by atoms with Crippen LogP contribution in [0.25, 0.3) is 0 Å². The Bertz CT molecular complexity index is 324. The third kappa shape index (κ3) is 3.16. The second-order valence-corrected chi connectivity index (χ2v) is 3.76. The summed E-state index contributed by atoms with van der Waals surface area (Å²) in [6.45, 7) is -0.616. The van der Waals surface area contributed by atoms with Crippen molar-refractivity contribution in [2.75, 3.05) is 25.5 Å². The Morgan fingerprint density at radius 2 is 1.87 bits per heavy atom. The minimum absolute atomic E-state index is 0.308. The molecule has 0 aromatic heterocycles. The van der Waals surface area contributed by atoms with E-state index in [-0.39, 0.29) is 6.42 Å². The van der Waals surface area contributed by atoms with Gasteiger partial charge < -0.3 is 10.6 Å². The van der Waals surface area contributed by atoms with Crippen LogP contribution in [0.4, 0.5) is 14.5 Å². The summed E-state index contributed by atoms with van der Waals surface area (Å²) < 4.78 is 26.3. The van der Waals surface area contributed by atoms with Crippen molar-refractivity contribution >= 4 is 5.69 Å². The molecule has 0 amide bonds. The van der Waals surface area contributed by atoms with E-state index >= 15 is 0 Å². The molecule has 0 radical (unpaired) electrons. The molecule has 0 saturated heterocycles. The quantitative estimate of drug-likeness (QED) is 0.829. The second-order valence-electron chi connectivity index (χ2n) is 3.76. The molecule has 0 bridgehead atoms. The van der Waals surface area contributed by atoms with Gasteiger partial charge in [0, 0.05) is 26.2 Å². The summed E-state index contributed by atoms with van der Waals surface area (Å²) in [6.07, 6.45) is -0.308. The third-order valence-corrected chi connectivity index (χ3v) is 2.22. The van der Waals surface area contributed by atoms with E-state index in [9.17, 15) is 8.78 Å². The molecule has 0 heterocycles. The number of benzene rings is 1. The van der Waals surface area contributed by atoms with E-state index in [2.05, 4.69) is 0 Å². The van der Waals surface area contributed by atoms with Crippen LogP contribution in [0, 0.1) is 0 Å². The van der Waals surface area contributed by atoms with Gasteiger partial charge in [0.25, 0.3) is 5.92 Å². The highest BCUT2D eigenvalue weighted by atomic mass is 19.3. The highest BCUT2D eigenvalue weighted by Crippen LogP contribution is 2.25. The van der Waals surface area contributed by atoms with E-state index in [0.29, 0.717) is 5.56 Å². The number of hydrogen-bond donors (Lipinski definition) is 1. The van der Waals surface area contributed by atoms with Gasteiger partial charge in [0.15, 0.2) is 0 Å². The molecule has 0 saturated carbocycles. The molecule has 2 nitrogen and oxygen atoms in total. The molecule has 84 valence electrons. The number of alkyl halides is 2. The van der Waals surface area contributed by atoms with Crippen LogP contribution < -0.4 is 10.6 Å². The van der Waals surface area contributed by atoms with Crippen molar-refractivity contribution in [2.45, 2.75) is 12.3 Å². The van der Waals surface area contributed by atoms with Gasteiger partial charge in [-0.25, -0.2) is 8.78 Å². The molecule has 0 unspecified atom stereocenters. The number of para-hydroxylation sites is 1. The average molecular weight is 214 g/mol. The zero-order valence-corrected chi connectivity index (χ0v) is 9.00. The van der Waals surface area contributed by atoms with Crippen LogP contribution >= 0.6 is 0 Å². The second kappa shape index (κ2) is 4.57. The normalized spacial score (nSPS) is 11.5. The predicted molar refractivity (Wildman–Crippen MR) is 58.5 cm³/mol. The molecule has 0 atom stereocenters. The van der Waals surface area contributed by atoms with Crippen molar-refractivity contribution in [3.8, 4) is 0 Å². The lowest BCUT2D eigenvalue weighted by Gasteiger charge is -2.20. The van der Waals surface area contributed by atoms with Crippen LogP contribution in [0.15, 0.2) is 24.3 Å². The van der Waals surface area contributed by atoms with Gasteiger partial charge in [-0.2, -0.15) is 0 Å². The number of anilines is 1. The lowest BCUT2D eigenvalue weighted by molar-refractivity contribution is 0.0116. The van der Waals surface area contributed by atoms with Crippen LogP contribution in [0.3, 0.4) is 0 Å². The van der Waals surface area contributed by atoms with Gasteiger partial charge in [0.1, 0.15) is 0 Å². The van der Waals surface area contributed by atoms with E-state index in [4.69, 9.17) is 5.73 Å². The monoisotopic (exact) mass is 214 g/mol. The molecular formula is C11H16F2N2. The Morgan fingerprint density at radius 1 is 1.27 bits per heavy atom. The maximum absolute atomic E-state index is 13.1. The molecule has 4 heteroatoms. The standard InChI is InChI=1S/C11H16F2N2/c1-15(2)10-6-4-3-5-9(10)7-11(12,13)8-14/h3-6H,7-8,14H2,1-2H3. The fraction of sp³-hybridized carbons (Fsp3) is 0.455. The predicted octanol–water partition coefficient (Wildman–Crippen LogP) is 1.89. The Labute approximate surface area is 88.7 Å². The maximum Gasteiger partial charge on any atom is 0.264 e. The molecule has 1 rings (SSSR count). The van der Waals surface area contributed by atoms with Crippen molar-refractivity contribution in [1.82, 2.24) is 0 Å². The molecule has 15 heavy (non-hydrogen) atoms. The molecule has 0 aliphatic rings. The summed E-state index contributed by atoms with van der Waals surface area (Å²) in [5, 5.41) is 0. The molecule has 0 aliphatic carbocycles. The first-order valence-corrected chi connectivity index (χ1v) is 4.79. The largest absolute Gasteiger partial charge is 0.377 e. The number of nitrogens with two attached hydrogens (primary N) is 1. The lowest BCUT2D eigenvalue weighted by Crippen LogP contribution is -2.30. The van der Waals surface area contributed by atoms with E-state index in [1.165, 1.54) is 0 Å². The Balaban J connectivity index is 2.94. The Kier molecular flexibility index (Phi) is 3.63. The number of halogens is 2. The fourth-order valence-corrected chi connectivity index (χ4v) is 1.45. The van der Waals surface area contributed by atoms with Crippen LogP contribution in [0.5, 0.6) is 0 Å². The van der Waals surface area contributed by atoms with Gasteiger partial charge in [-0.15, -0.1) is 0 Å². The minimum atomic E-state index is -2.83. The summed E-state index contributed by atoms with van der Waals surface area (Å²) in [5.74, 6) is -2.83. The molecular weight excluding hydrogens is 198 g/mol. The van der Waals surface area contributed by atoms with E-state index < -0.39 is 12.5 Å². The van der Waals surface area contributed by atoms with Gasteiger partial charge in [-0.1, -0.05) is 18.2 Å². The van der Waals surface area contributed by atoms with E-state index in [1.807, 2.05) is 31.1 Å². The molecule has 0 spiro atoms. The van der Waals surface area contributed by atoms with Crippen LogP contribution in [0.2, 0.25) is 0 Å². The van der Waals surface area contributed by atoms with Crippen LogP contribution in [0.1, 0.15) is 5.56 Å². The lowest BCUT2D eigenvalue weighted by atomic mass is 10.0. The molecule has 1 aromatic carbocycles. The number of hydrogen-bond acceptors (Lipinski definition) is 2. The third-order valence-electron chi connectivity index (χ3n) is 2.22. The summed E-state index contributed by atoms with van der Waals surface area (Å²) in [6, 6.07) is 7.12. The smallest absolute Gasteiger partial charge is 0.264 e. The highest BCUT2D eigenvalue weighted by Gasteiger charge is 2.28. The molecule has 0 aliphatic heterocycles. The van der Waals surface area contributed by atoms with Gasteiger partial charge >= 0.3 is 0 Å². The van der Waals surface area contributed by atoms with Crippen LogP contribution in [-0.4, -0.2) is 26.6 Å². The number of nitrogens with zero attached hydrogens (tertiary/aromatic N) is 1. The molecule has 0 fully saturated rings. The molecule has 1 aromatic rings. The zero-order valence-electron chi connectivity index (χ0n) is 9.00. The zero-order chi connectivity index (χ0) is 11.5. The van der Waals surface area contributed by atoms with Crippen molar-refractivity contribution in [1.29, 1.82) is 0 Å². The average Bonchev–Trinajstić information content (AvgIpc) is 2.18. The van der Waals surface area contributed by atoms with Gasteiger partial charge in [-0.3, -0.25) is 0 Å². The number of rotatable bonds is 4. The summed E-state index contributed by atoms with van der Waals surface area (Å²) >= 11 is 0. The maximum atomic E-state index is 13.1. The van der Waals surface area contributed by atoms with Crippen molar-refractivity contribution < 1.29 is 8.78 Å². The topological polar surface area (TPSA) is 29.3 Å². The van der Waals surface area contributed by atoms with E-state index in [0.717, 1.165) is 5.69 Å². The SMILES string of the molecule is CN(C)c1ccccc1CC(F)(F)CN. The molecule has 2 N–H and O–H groups in total. The first kappa shape index (κ1) is 11.9. The van der Waals surface area contributed by atoms with Crippen molar-refractivity contribution in [2.24, 2.45) is 5.73 Å². The highest BCUT2D eigenvalue weighted by molar-refractivity contribution is 5.52. The van der Waals surface area contributed by atoms with Gasteiger partial charge in [0.05, 0.1) is 6.54 Å².